The zero-order valence-corrected chi connectivity index (χ0v) is 12.6. The summed E-state index contributed by atoms with van der Waals surface area (Å²) in [5.41, 5.74) is 0.804. The third kappa shape index (κ3) is 3.54. The molecule has 2 heterocycles. The Morgan fingerprint density at radius 3 is 2.63 bits per heavy atom. The molecule has 3 N–H and O–H groups in total. The van der Waals surface area contributed by atoms with E-state index in [1.54, 1.807) is 6.92 Å². The minimum Gasteiger partial charge on any atom is -0.352 e. The summed E-state index contributed by atoms with van der Waals surface area (Å²) in [6.45, 7) is 2.65. The van der Waals surface area contributed by atoms with Crippen molar-refractivity contribution in [3.8, 4) is 0 Å². The Kier molecular flexibility index (Phi) is 5.92. The molecule has 1 aromatic heterocycles. The molecule has 1 aromatic rings. The number of H-pyrrole nitrogens is 1. The average molecular weight is 331 g/mol. The number of hydrogen-bond donors (Lipinski definition) is 3. The van der Waals surface area contributed by atoms with Crippen molar-refractivity contribution in [2.45, 2.75) is 25.6 Å². The van der Waals surface area contributed by atoms with Gasteiger partial charge in [0, 0.05) is 12.2 Å². The van der Waals surface area contributed by atoms with E-state index in [1.807, 2.05) is 0 Å². The van der Waals surface area contributed by atoms with Crippen LogP contribution in [0, 0.1) is 6.92 Å². The number of carbonyl (C=O) groups excluding carboxylic acids is 1. The molecule has 2 rings (SSSR count). The van der Waals surface area contributed by atoms with E-state index in [0.29, 0.717) is 23.7 Å². The molecule has 2 atom stereocenters. The summed E-state index contributed by atoms with van der Waals surface area (Å²) in [4.78, 5) is 14.8. The molecule has 19 heavy (non-hydrogen) atoms. The quantitative estimate of drug-likeness (QED) is 0.780. The lowest BCUT2D eigenvalue weighted by atomic mass is 10.0. The van der Waals surface area contributed by atoms with E-state index in [1.165, 1.54) is 0 Å². The summed E-state index contributed by atoms with van der Waals surface area (Å²) >= 11 is 11.8. The fourth-order valence-electron chi connectivity index (χ4n) is 1.95. The van der Waals surface area contributed by atoms with E-state index in [-0.39, 0.29) is 29.7 Å². The fourth-order valence-corrected chi connectivity index (χ4v) is 2.37. The number of aryl methyl sites for hydroxylation is 1. The molecular formula is C11H15Cl3FN3O. The van der Waals surface area contributed by atoms with Crippen molar-refractivity contribution in [2.24, 2.45) is 0 Å². The van der Waals surface area contributed by atoms with Crippen molar-refractivity contribution in [1.82, 2.24) is 15.6 Å². The number of nitrogens with one attached hydrogen (secondary N) is 3. The first kappa shape index (κ1) is 16.6. The van der Waals surface area contributed by atoms with Crippen LogP contribution in [0.25, 0.3) is 0 Å². The Balaban J connectivity index is 0.00000180. The van der Waals surface area contributed by atoms with E-state index in [2.05, 4.69) is 15.6 Å². The Hall–Kier alpha value is -0.490. The van der Waals surface area contributed by atoms with Gasteiger partial charge in [-0.2, -0.15) is 0 Å². The molecule has 108 valence electrons. The van der Waals surface area contributed by atoms with E-state index >= 15 is 0 Å². The average Bonchev–Trinajstić information content (AvgIpc) is 2.60. The molecule has 0 aromatic carbocycles. The summed E-state index contributed by atoms with van der Waals surface area (Å²) in [6.07, 6.45) is -0.536. The normalized spacial score (nSPS) is 22.7. The standard InChI is InChI=1S/C11H14Cl2FN3O.ClH/c1-5-8(12)9(13)10(16-5)11(18)17-7-2-3-15-4-6(7)14;/h6-7,15-16H,2-4H2,1H3,(H,17,18);1H/t6-,7-;/m1./s1. The maximum absolute atomic E-state index is 13.6. The fraction of sp³-hybridized carbons (Fsp3) is 0.545. The number of aromatic nitrogens is 1. The smallest absolute Gasteiger partial charge is 0.269 e. The lowest BCUT2D eigenvalue weighted by Gasteiger charge is -2.27. The molecule has 0 aliphatic carbocycles. The number of aromatic amines is 1. The summed E-state index contributed by atoms with van der Waals surface area (Å²) in [6, 6.07) is -0.489. The zero-order chi connectivity index (χ0) is 13.3. The monoisotopic (exact) mass is 329 g/mol. The van der Waals surface area contributed by atoms with Gasteiger partial charge >= 0.3 is 0 Å². The molecule has 0 unspecified atom stereocenters. The van der Waals surface area contributed by atoms with Crippen molar-refractivity contribution >= 4 is 41.5 Å². The largest absolute Gasteiger partial charge is 0.352 e. The molecular weight excluding hydrogens is 315 g/mol. The second-order valence-electron chi connectivity index (χ2n) is 4.34. The van der Waals surface area contributed by atoms with Crippen LogP contribution in [-0.2, 0) is 0 Å². The van der Waals surface area contributed by atoms with Gasteiger partial charge in [0.05, 0.1) is 16.1 Å². The Labute approximate surface area is 126 Å². The van der Waals surface area contributed by atoms with E-state index in [9.17, 15) is 9.18 Å². The second-order valence-corrected chi connectivity index (χ2v) is 5.10. The van der Waals surface area contributed by atoms with Crippen LogP contribution in [0.1, 0.15) is 22.6 Å². The van der Waals surface area contributed by atoms with Gasteiger partial charge in [0.25, 0.3) is 5.91 Å². The third-order valence-electron chi connectivity index (χ3n) is 3.01. The molecule has 0 radical (unpaired) electrons. The van der Waals surface area contributed by atoms with Crippen LogP contribution >= 0.6 is 35.6 Å². The first-order valence-electron chi connectivity index (χ1n) is 5.70. The number of hydrogen-bond acceptors (Lipinski definition) is 2. The number of piperidine rings is 1. The molecule has 8 heteroatoms. The van der Waals surface area contributed by atoms with Crippen LogP contribution in [-0.4, -0.2) is 36.2 Å². The van der Waals surface area contributed by atoms with Gasteiger partial charge in [0.15, 0.2) is 0 Å². The molecule has 0 saturated carbocycles. The third-order valence-corrected chi connectivity index (χ3v) is 3.95. The highest BCUT2D eigenvalue weighted by atomic mass is 35.5. The molecule has 1 aliphatic rings. The molecule has 1 saturated heterocycles. The minimum absolute atomic E-state index is 0. The highest BCUT2D eigenvalue weighted by molar-refractivity contribution is 6.44. The van der Waals surface area contributed by atoms with Crippen LogP contribution in [0.5, 0.6) is 0 Å². The summed E-state index contributed by atoms with van der Waals surface area (Å²) in [5, 5.41) is 6.06. The minimum atomic E-state index is -1.09. The van der Waals surface area contributed by atoms with Gasteiger partial charge in [-0.1, -0.05) is 23.2 Å². The van der Waals surface area contributed by atoms with Crippen LogP contribution < -0.4 is 10.6 Å². The van der Waals surface area contributed by atoms with Crippen LogP contribution in [0.2, 0.25) is 10.0 Å². The topological polar surface area (TPSA) is 56.9 Å². The maximum atomic E-state index is 13.6. The van der Waals surface area contributed by atoms with Crippen molar-refractivity contribution < 1.29 is 9.18 Å². The first-order valence-corrected chi connectivity index (χ1v) is 6.45. The highest BCUT2D eigenvalue weighted by Crippen LogP contribution is 2.29. The lowest BCUT2D eigenvalue weighted by molar-refractivity contribution is 0.0888. The Morgan fingerprint density at radius 1 is 1.42 bits per heavy atom. The van der Waals surface area contributed by atoms with Crippen molar-refractivity contribution in [1.29, 1.82) is 0 Å². The Morgan fingerprint density at radius 2 is 2.11 bits per heavy atom. The number of rotatable bonds is 2. The predicted molar refractivity (Wildman–Crippen MR) is 76.4 cm³/mol. The van der Waals surface area contributed by atoms with Gasteiger partial charge in [-0.3, -0.25) is 4.79 Å². The van der Waals surface area contributed by atoms with Crippen LogP contribution in [0.3, 0.4) is 0 Å². The van der Waals surface area contributed by atoms with Gasteiger partial charge in [0.2, 0.25) is 0 Å². The summed E-state index contributed by atoms with van der Waals surface area (Å²) in [7, 11) is 0. The molecule has 4 nitrogen and oxygen atoms in total. The van der Waals surface area contributed by atoms with Crippen molar-refractivity contribution in [3.63, 3.8) is 0 Å². The number of amides is 1. The van der Waals surface area contributed by atoms with E-state index in [4.69, 9.17) is 23.2 Å². The SMILES string of the molecule is Cc1[nH]c(C(=O)N[C@@H]2CCNC[C@H]2F)c(Cl)c1Cl.Cl. The van der Waals surface area contributed by atoms with E-state index < -0.39 is 18.1 Å². The van der Waals surface area contributed by atoms with Crippen molar-refractivity contribution in [2.75, 3.05) is 13.1 Å². The molecule has 1 fully saturated rings. The molecule has 1 amide bonds. The van der Waals surface area contributed by atoms with E-state index in [0.717, 1.165) is 0 Å². The van der Waals surface area contributed by atoms with Gasteiger partial charge < -0.3 is 15.6 Å². The summed E-state index contributed by atoms with van der Waals surface area (Å²) < 4.78 is 13.6. The van der Waals surface area contributed by atoms with Crippen molar-refractivity contribution in [3.05, 3.63) is 21.4 Å². The lowest BCUT2D eigenvalue weighted by Crippen LogP contribution is -2.50. The zero-order valence-electron chi connectivity index (χ0n) is 10.2. The number of halogens is 4. The number of alkyl halides is 1. The highest BCUT2D eigenvalue weighted by Gasteiger charge is 2.28. The van der Waals surface area contributed by atoms with Gasteiger partial charge in [0.1, 0.15) is 11.9 Å². The Bertz CT molecular complexity index is 466. The molecule has 0 bridgehead atoms. The second kappa shape index (κ2) is 6.79. The van der Waals surface area contributed by atoms with Gasteiger partial charge in [-0.15, -0.1) is 12.4 Å². The predicted octanol–water partition coefficient (Wildman–Crippen LogP) is 2.48. The van der Waals surface area contributed by atoms with Crippen LogP contribution in [0.4, 0.5) is 4.39 Å². The van der Waals surface area contributed by atoms with Gasteiger partial charge in [-0.05, 0) is 19.9 Å². The molecule has 1 aliphatic heterocycles. The maximum Gasteiger partial charge on any atom is 0.269 e. The summed E-state index contributed by atoms with van der Waals surface area (Å²) in [5.74, 6) is -0.426. The first-order chi connectivity index (χ1) is 8.50. The van der Waals surface area contributed by atoms with Crippen LogP contribution in [0.15, 0.2) is 0 Å². The van der Waals surface area contributed by atoms with Gasteiger partial charge in [-0.25, -0.2) is 4.39 Å². The molecule has 0 spiro atoms. The number of carbonyl (C=O) groups is 1.